The molecule has 0 aliphatic rings. The fourth-order valence-electron chi connectivity index (χ4n) is 3.58. The summed E-state index contributed by atoms with van der Waals surface area (Å²) in [7, 11) is 0. The average molecular weight is 437 g/mol. The molecule has 0 atom stereocenters. The van der Waals surface area contributed by atoms with E-state index in [-0.39, 0.29) is 0 Å². The van der Waals surface area contributed by atoms with Gasteiger partial charge in [-0.05, 0) is 29.3 Å². The van der Waals surface area contributed by atoms with Gasteiger partial charge in [0.05, 0.1) is 11.2 Å². The van der Waals surface area contributed by atoms with E-state index in [0.29, 0.717) is 0 Å². The average Bonchev–Trinajstić information content (AvgIpc) is 2.79. The fraction of sp³-hybridized carbons (Fsp3) is 0. The molecule has 0 aliphatic carbocycles. The first-order valence-electron chi connectivity index (χ1n) is 9.47. The molecule has 29 heavy (non-hydrogen) atoms. The van der Waals surface area contributed by atoms with E-state index in [9.17, 15) is 0 Å². The van der Waals surface area contributed by atoms with Crippen LogP contribution >= 0.6 is 15.9 Å². The van der Waals surface area contributed by atoms with Crippen molar-refractivity contribution in [1.29, 1.82) is 0 Å². The maximum Gasteiger partial charge on any atom is 0.161 e. The Labute approximate surface area is 178 Å². The Morgan fingerprint density at radius 1 is 0.552 bits per heavy atom. The number of rotatable bonds is 3. The molecule has 3 heteroatoms. The quantitative estimate of drug-likeness (QED) is 0.294. The second-order valence-electron chi connectivity index (χ2n) is 6.83. The van der Waals surface area contributed by atoms with E-state index >= 15 is 0 Å². The highest BCUT2D eigenvalue weighted by Crippen LogP contribution is 2.35. The maximum atomic E-state index is 5.04. The molecule has 138 valence electrons. The maximum absolute atomic E-state index is 5.04. The molecule has 0 bridgehead atoms. The van der Waals surface area contributed by atoms with Gasteiger partial charge < -0.3 is 0 Å². The minimum absolute atomic E-state index is 0.725. The molecule has 5 aromatic rings. The zero-order valence-electron chi connectivity index (χ0n) is 15.6. The van der Waals surface area contributed by atoms with Gasteiger partial charge in [-0.3, -0.25) is 0 Å². The molecule has 0 saturated carbocycles. The molecule has 1 aromatic heterocycles. The van der Waals surface area contributed by atoms with E-state index in [1.165, 1.54) is 0 Å². The minimum atomic E-state index is 0.725. The molecule has 0 N–H and O–H groups in total. The van der Waals surface area contributed by atoms with Crippen molar-refractivity contribution in [2.75, 3.05) is 0 Å². The van der Waals surface area contributed by atoms with Crippen molar-refractivity contribution in [3.8, 4) is 33.8 Å². The van der Waals surface area contributed by atoms with Crippen LogP contribution in [0, 0.1) is 0 Å². The second-order valence-corrected chi connectivity index (χ2v) is 7.75. The number of halogens is 1. The van der Waals surface area contributed by atoms with Gasteiger partial charge in [0.1, 0.15) is 0 Å². The first kappa shape index (κ1) is 17.8. The standard InChI is InChI=1S/C26H17BrN2/c27-20-15-16-21(18-9-3-1-4-10-18)23(17-20)26-28-24-14-8-7-13-22(24)25(29-26)19-11-5-2-6-12-19/h1-17H. The lowest BCUT2D eigenvalue weighted by Crippen LogP contribution is -1.97. The van der Waals surface area contributed by atoms with Gasteiger partial charge in [-0.2, -0.15) is 0 Å². The van der Waals surface area contributed by atoms with Gasteiger partial charge in [0.25, 0.3) is 0 Å². The van der Waals surface area contributed by atoms with Crippen molar-refractivity contribution in [1.82, 2.24) is 9.97 Å². The summed E-state index contributed by atoms with van der Waals surface area (Å²) in [5, 5.41) is 1.05. The van der Waals surface area contributed by atoms with Gasteiger partial charge >= 0.3 is 0 Å². The van der Waals surface area contributed by atoms with Crippen molar-refractivity contribution in [2.45, 2.75) is 0 Å². The smallest absolute Gasteiger partial charge is 0.161 e. The van der Waals surface area contributed by atoms with Crippen molar-refractivity contribution in [3.63, 3.8) is 0 Å². The number of para-hydroxylation sites is 1. The van der Waals surface area contributed by atoms with Gasteiger partial charge in [0.2, 0.25) is 0 Å². The third-order valence-electron chi connectivity index (χ3n) is 4.96. The summed E-state index contributed by atoms with van der Waals surface area (Å²) in [4.78, 5) is 9.96. The lowest BCUT2D eigenvalue weighted by Gasteiger charge is -2.13. The van der Waals surface area contributed by atoms with Crippen LogP contribution in [0.2, 0.25) is 0 Å². The first-order valence-corrected chi connectivity index (χ1v) is 10.3. The Hall–Kier alpha value is -3.30. The van der Waals surface area contributed by atoms with E-state index < -0.39 is 0 Å². The summed E-state index contributed by atoms with van der Waals surface area (Å²) in [6.07, 6.45) is 0. The van der Waals surface area contributed by atoms with E-state index in [2.05, 4.69) is 76.6 Å². The Morgan fingerprint density at radius 2 is 1.21 bits per heavy atom. The Bertz CT molecular complexity index is 1300. The highest BCUT2D eigenvalue weighted by atomic mass is 79.9. The summed E-state index contributed by atoms with van der Waals surface area (Å²) in [6.45, 7) is 0. The van der Waals surface area contributed by atoms with Crippen LogP contribution in [0.15, 0.2) is 108 Å². The molecule has 0 aliphatic heterocycles. The van der Waals surface area contributed by atoms with Gasteiger partial charge in [-0.25, -0.2) is 9.97 Å². The topological polar surface area (TPSA) is 25.8 Å². The van der Waals surface area contributed by atoms with Gasteiger partial charge in [-0.1, -0.05) is 101 Å². The largest absolute Gasteiger partial charge is 0.228 e. The van der Waals surface area contributed by atoms with Crippen molar-refractivity contribution in [2.24, 2.45) is 0 Å². The van der Waals surface area contributed by atoms with Crippen LogP contribution in [0.3, 0.4) is 0 Å². The number of aromatic nitrogens is 2. The van der Waals surface area contributed by atoms with Gasteiger partial charge in [0, 0.05) is 21.0 Å². The molecule has 0 amide bonds. The van der Waals surface area contributed by atoms with Crippen LogP contribution < -0.4 is 0 Å². The van der Waals surface area contributed by atoms with Crippen molar-refractivity contribution < 1.29 is 0 Å². The molecule has 2 nitrogen and oxygen atoms in total. The van der Waals surface area contributed by atoms with Crippen LogP contribution in [0.4, 0.5) is 0 Å². The van der Waals surface area contributed by atoms with Crippen LogP contribution in [0.5, 0.6) is 0 Å². The first-order chi connectivity index (χ1) is 14.3. The zero-order chi connectivity index (χ0) is 19.6. The molecular formula is C26H17BrN2. The van der Waals surface area contributed by atoms with Crippen LogP contribution in [0.25, 0.3) is 44.7 Å². The van der Waals surface area contributed by atoms with Crippen LogP contribution in [-0.4, -0.2) is 9.97 Å². The summed E-state index contributed by atoms with van der Waals surface area (Å²) in [6, 6.07) is 35.1. The molecule has 0 fully saturated rings. The van der Waals surface area contributed by atoms with E-state index in [0.717, 1.165) is 49.1 Å². The number of benzene rings is 4. The summed E-state index contributed by atoms with van der Waals surface area (Å²) < 4.78 is 1.00. The Morgan fingerprint density at radius 3 is 1.97 bits per heavy atom. The van der Waals surface area contributed by atoms with E-state index in [4.69, 9.17) is 9.97 Å². The molecule has 0 unspecified atom stereocenters. The van der Waals surface area contributed by atoms with Crippen molar-refractivity contribution >= 4 is 26.8 Å². The number of fused-ring (bicyclic) bond motifs is 1. The molecule has 5 rings (SSSR count). The summed E-state index contributed by atoms with van der Waals surface area (Å²) in [5.74, 6) is 0.725. The molecule has 1 heterocycles. The number of hydrogen-bond acceptors (Lipinski definition) is 2. The normalized spacial score (nSPS) is 10.9. The molecule has 0 radical (unpaired) electrons. The van der Waals surface area contributed by atoms with Gasteiger partial charge in [-0.15, -0.1) is 0 Å². The Balaban J connectivity index is 1.80. The summed E-state index contributed by atoms with van der Waals surface area (Å²) in [5.41, 5.74) is 6.24. The summed E-state index contributed by atoms with van der Waals surface area (Å²) >= 11 is 3.62. The lowest BCUT2D eigenvalue weighted by molar-refractivity contribution is 1.23. The van der Waals surface area contributed by atoms with Gasteiger partial charge in [0.15, 0.2) is 5.82 Å². The highest BCUT2D eigenvalue weighted by Gasteiger charge is 2.15. The van der Waals surface area contributed by atoms with Crippen molar-refractivity contribution in [3.05, 3.63) is 108 Å². The lowest BCUT2D eigenvalue weighted by atomic mass is 9.98. The monoisotopic (exact) mass is 436 g/mol. The Kier molecular flexibility index (Phi) is 4.66. The zero-order valence-corrected chi connectivity index (χ0v) is 17.2. The SMILES string of the molecule is Brc1ccc(-c2ccccc2)c(-c2nc(-c3ccccc3)c3ccccc3n2)c1. The molecule has 0 saturated heterocycles. The fourth-order valence-corrected chi connectivity index (χ4v) is 3.95. The highest BCUT2D eigenvalue weighted by molar-refractivity contribution is 9.10. The van der Waals surface area contributed by atoms with E-state index in [1.54, 1.807) is 0 Å². The minimum Gasteiger partial charge on any atom is -0.228 e. The van der Waals surface area contributed by atoms with Crippen LogP contribution in [-0.2, 0) is 0 Å². The van der Waals surface area contributed by atoms with E-state index in [1.807, 2.05) is 42.5 Å². The third kappa shape index (κ3) is 3.45. The predicted octanol–water partition coefficient (Wildman–Crippen LogP) is 7.39. The third-order valence-corrected chi connectivity index (χ3v) is 5.45. The molecule has 4 aromatic carbocycles. The second kappa shape index (κ2) is 7.61. The number of nitrogens with zero attached hydrogens (tertiary/aromatic N) is 2. The molecule has 0 spiro atoms. The van der Waals surface area contributed by atoms with Crippen LogP contribution in [0.1, 0.15) is 0 Å². The number of hydrogen-bond donors (Lipinski definition) is 0. The molecular weight excluding hydrogens is 420 g/mol. The predicted molar refractivity (Wildman–Crippen MR) is 124 cm³/mol.